The Morgan fingerprint density at radius 2 is 1.34 bits per heavy atom. The number of fused-ring (bicyclic) bond motifs is 1. The van der Waals surface area contributed by atoms with Crippen LogP contribution in [0.15, 0.2) is 84.9 Å². The van der Waals surface area contributed by atoms with Crippen molar-refractivity contribution in [2.24, 2.45) is 0 Å². The smallest absolute Gasteiger partial charge is 0.123 e. The van der Waals surface area contributed by atoms with Crippen LogP contribution in [0, 0.1) is 6.92 Å². The van der Waals surface area contributed by atoms with Crippen molar-refractivity contribution in [1.29, 1.82) is 0 Å². The summed E-state index contributed by atoms with van der Waals surface area (Å²) >= 11 is 6.12. The van der Waals surface area contributed by atoms with Gasteiger partial charge in [0, 0.05) is 16.1 Å². The van der Waals surface area contributed by atoms with E-state index in [4.69, 9.17) is 16.7 Å². The highest BCUT2D eigenvalue weighted by Crippen LogP contribution is 2.36. The SMILES string of the molecule is Cc1nnc(-c2ccccc2)c2nn(-c3ccc(Cl)cc3)c(-c3ccccc3)c12. The molecule has 4 nitrogen and oxygen atoms in total. The minimum Gasteiger partial charge on any atom is -0.232 e. The summed E-state index contributed by atoms with van der Waals surface area (Å²) in [6, 6.07) is 28.0. The lowest BCUT2D eigenvalue weighted by Crippen LogP contribution is -1.98. The summed E-state index contributed by atoms with van der Waals surface area (Å²) in [6.45, 7) is 1.98. The van der Waals surface area contributed by atoms with E-state index < -0.39 is 0 Å². The number of benzene rings is 3. The Morgan fingerprint density at radius 1 is 0.724 bits per heavy atom. The Labute approximate surface area is 173 Å². The molecular weight excluding hydrogens is 380 g/mol. The maximum Gasteiger partial charge on any atom is 0.123 e. The van der Waals surface area contributed by atoms with E-state index in [0.29, 0.717) is 5.02 Å². The van der Waals surface area contributed by atoms with Crippen molar-refractivity contribution < 1.29 is 0 Å². The lowest BCUT2D eigenvalue weighted by atomic mass is 10.0. The zero-order valence-corrected chi connectivity index (χ0v) is 16.5. The molecule has 0 bridgehead atoms. The number of hydrogen-bond donors (Lipinski definition) is 0. The number of hydrogen-bond acceptors (Lipinski definition) is 3. The van der Waals surface area contributed by atoms with E-state index >= 15 is 0 Å². The first-order valence-corrected chi connectivity index (χ1v) is 9.73. The van der Waals surface area contributed by atoms with Crippen molar-refractivity contribution in [3.63, 3.8) is 0 Å². The molecule has 5 heteroatoms. The Hall–Kier alpha value is -3.50. The first-order valence-electron chi connectivity index (χ1n) is 9.35. The molecule has 0 N–H and O–H groups in total. The fourth-order valence-corrected chi connectivity index (χ4v) is 3.70. The van der Waals surface area contributed by atoms with Gasteiger partial charge in [-0.1, -0.05) is 72.3 Å². The van der Waals surface area contributed by atoms with Crippen LogP contribution in [0.5, 0.6) is 0 Å². The monoisotopic (exact) mass is 396 g/mol. The minimum absolute atomic E-state index is 0.691. The molecule has 0 aliphatic rings. The molecule has 0 saturated carbocycles. The number of aromatic nitrogens is 4. The molecule has 3 aromatic carbocycles. The van der Waals surface area contributed by atoms with Gasteiger partial charge in [0.25, 0.3) is 0 Å². The van der Waals surface area contributed by atoms with Crippen molar-refractivity contribution in [2.75, 3.05) is 0 Å². The van der Waals surface area contributed by atoms with Crippen molar-refractivity contribution in [2.45, 2.75) is 6.92 Å². The first-order chi connectivity index (χ1) is 14.2. The van der Waals surface area contributed by atoms with Gasteiger partial charge in [0.2, 0.25) is 0 Å². The van der Waals surface area contributed by atoms with E-state index in [2.05, 4.69) is 22.3 Å². The molecule has 2 aromatic heterocycles. The standard InChI is InChI=1S/C24H17ClN4/c1-16-21-23(22(27-26-16)17-8-4-2-5-9-17)28-29(20-14-12-19(25)13-15-20)24(21)18-10-6-3-7-11-18/h2-15H,1H3. The van der Waals surface area contributed by atoms with Crippen LogP contribution in [0.1, 0.15) is 5.69 Å². The molecule has 140 valence electrons. The molecule has 0 radical (unpaired) electrons. The van der Waals surface area contributed by atoms with E-state index in [-0.39, 0.29) is 0 Å². The maximum absolute atomic E-state index is 6.12. The molecule has 0 saturated heterocycles. The number of aryl methyl sites for hydroxylation is 1. The highest BCUT2D eigenvalue weighted by Gasteiger charge is 2.21. The Bertz CT molecular complexity index is 1290. The quantitative estimate of drug-likeness (QED) is 0.369. The summed E-state index contributed by atoms with van der Waals surface area (Å²) in [6.07, 6.45) is 0. The lowest BCUT2D eigenvalue weighted by Gasteiger charge is -2.09. The second kappa shape index (κ2) is 7.15. The van der Waals surface area contributed by atoms with Gasteiger partial charge in [0.1, 0.15) is 11.2 Å². The van der Waals surface area contributed by atoms with Gasteiger partial charge in [0.05, 0.1) is 22.5 Å². The van der Waals surface area contributed by atoms with Gasteiger partial charge in [-0.15, -0.1) is 5.10 Å². The Morgan fingerprint density at radius 3 is 2.00 bits per heavy atom. The first kappa shape index (κ1) is 17.6. The number of halogens is 1. The largest absolute Gasteiger partial charge is 0.232 e. The van der Waals surface area contributed by atoms with Gasteiger partial charge < -0.3 is 0 Å². The molecule has 0 fully saturated rings. The maximum atomic E-state index is 6.12. The summed E-state index contributed by atoms with van der Waals surface area (Å²) in [5.74, 6) is 0. The topological polar surface area (TPSA) is 43.6 Å². The summed E-state index contributed by atoms with van der Waals surface area (Å²) < 4.78 is 1.96. The van der Waals surface area contributed by atoms with Crippen LogP contribution in [0.3, 0.4) is 0 Å². The fraction of sp³-hybridized carbons (Fsp3) is 0.0417. The van der Waals surface area contributed by atoms with Gasteiger partial charge in [-0.3, -0.25) is 0 Å². The second-order valence-corrected chi connectivity index (χ2v) is 7.26. The molecule has 0 amide bonds. The molecule has 0 aliphatic heterocycles. The van der Waals surface area contributed by atoms with Gasteiger partial charge in [-0.2, -0.15) is 10.2 Å². The van der Waals surface area contributed by atoms with E-state index in [0.717, 1.165) is 44.8 Å². The molecule has 0 spiro atoms. The Balaban J connectivity index is 1.89. The molecule has 0 unspecified atom stereocenters. The van der Waals surface area contributed by atoms with Crippen molar-refractivity contribution in [3.8, 4) is 28.2 Å². The van der Waals surface area contributed by atoms with Crippen molar-refractivity contribution >= 4 is 22.5 Å². The fourth-order valence-electron chi connectivity index (χ4n) is 3.57. The van der Waals surface area contributed by atoms with Crippen molar-refractivity contribution in [1.82, 2.24) is 20.0 Å². The van der Waals surface area contributed by atoms with Gasteiger partial charge in [-0.05, 0) is 31.2 Å². The molecule has 2 heterocycles. The van der Waals surface area contributed by atoms with Crippen LogP contribution in [0.4, 0.5) is 0 Å². The number of rotatable bonds is 3. The lowest BCUT2D eigenvalue weighted by molar-refractivity contribution is 0.902. The molecule has 0 aliphatic carbocycles. The van der Waals surface area contributed by atoms with Crippen LogP contribution in [0.25, 0.3) is 39.1 Å². The van der Waals surface area contributed by atoms with Crippen LogP contribution < -0.4 is 0 Å². The van der Waals surface area contributed by atoms with E-state index in [1.165, 1.54) is 0 Å². The van der Waals surface area contributed by atoms with E-state index in [1.54, 1.807) is 0 Å². The predicted molar refractivity (Wildman–Crippen MR) is 117 cm³/mol. The molecule has 29 heavy (non-hydrogen) atoms. The summed E-state index contributed by atoms with van der Waals surface area (Å²) in [5.41, 5.74) is 6.44. The molecular formula is C24H17ClN4. The van der Waals surface area contributed by atoms with Crippen LogP contribution in [-0.4, -0.2) is 20.0 Å². The predicted octanol–water partition coefficient (Wildman–Crippen LogP) is 6.11. The van der Waals surface area contributed by atoms with E-state index in [9.17, 15) is 0 Å². The summed E-state index contributed by atoms with van der Waals surface area (Å²) in [7, 11) is 0. The second-order valence-electron chi connectivity index (χ2n) is 6.83. The van der Waals surface area contributed by atoms with Gasteiger partial charge in [0.15, 0.2) is 0 Å². The molecule has 5 rings (SSSR count). The average Bonchev–Trinajstić information content (AvgIpc) is 3.17. The highest BCUT2D eigenvalue weighted by atomic mass is 35.5. The van der Waals surface area contributed by atoms with Crippen LogP contribution in [0.2, 0.25) is 5.02 Å². The normalized spacial score (nSPS) is 11.1. The third-order valence-corrected chi connectivity index (χ3v) is 5.19. The molecule has 0 atom stereocenters. The zero-order valence-electron chi connectivity index (χ0n) is 15.7. The number of nitrogens with zero attached hydrogens (tertiary/aromatic N) is 4. The highest BCUT2D eigenvalue weighted by molar-refractivity contribution is 6.30. The zero-order chi connectivity index (χ0) is 19.8. The average molecular weight is 397 g/mol. The van der Waals surface area contributed by atoms with Gasteiger partial charge >= 0.3 is 0 Å². The molecule has 5 aromatic rings. The van der Waals surface area contributed by atoms with Crippen LogP contribution >= 0.6 is 11.6 Å². The summed E-state index contributed by atoms with van der Waals surface area (Å²) in [5, 5.41) is 15.6. The van der Waals surface area contributed by atoms with Crippen LogP contribution in [-0.2, 0) is 0 Å². The van der Waals surface area contributed by atoms with Gasteiger partial charge in [-0.25, -0.2) is 4.68 Å². The Kier molecular flexibility index (Phi) is 4.34. The third-order valence-electron chi connectivity index (χ3n) is 4.94. The minimum atomic E-state index is 0.691. The van der Waals surface area contributed by atoms with E-state index in [1.807, 2.05) is 84.4 Å². The summed E-state index contributed by atoms with van der Waals surface area (Å²) in [4.78, 5) is 0. The van der Waals surface area contributed by atoms with Crippen molar-refractivity contribution in [3.05, 3.63) is 95.6 Å². The third kappa shape index (κ3) is 3.08.